The first-order valence-corrected chi connectivity index (χ1v) is 8.48. The molecule has 1 aliphatic carbocycles. The van der Waals surface area contributed by atoms with E-state index >= 15 is 0 Å². The number of hydrogen-bond acceptors (Lipinski definition) is 3. The summed E-state index contributed by atoms with van der Waals surface area (Å²) in [5.41, 5.74) is -0.367. The second kappa shape index (κ2) is 5.65. The zero-order valence-electron chi connectivity index (χ0n) is 15.2. The smallest absolute Gasteiger partial charge is 0.469 e. The molecular formula is C18H24BF3O3. The van der Waals surface area contributed by atoms with Crippen LogP contribution in [0.1, 0.15) is 46.1 Å². The van der Waals surface area contributed by atoms with Crippen LogP contribution in [0.2, 0.25) is 0 Å². The Morgan fingerprint density at radius 2 is 1.48 bits per heavy atom. The summed E-state index contributed by atoms with van der Waals surface area (Å²) in [5.74, 6) is -0.659. The van der Waals surface area contributed by atoms with E-state index in [1.807, 2.05) is 39.8 Å². The summed E-state index contributed by atoms with van der Waals surface area (Å²) in [6.07, 6.45) is -4.25. The number of benzene rings is 1. The molecule has 2 aliphatic rings. The molecule has 1 aromatic carbocycles. The molecule has 3 rings (SSSR count). The minimum absolute atomic E-state index is 0.0281. The van der Waals surface area contributed by atoms with Crippen molar-refractivity contribution in [3.05, 3.63) is 29.8 Å². The molecule has 0 bridgehead atoms. The highest BCUT2D eigenvalue weighted by Gasteiger charge is 2.67. The van der Waals surface area contributed by atoms with E-state index in [-0.39, 0.29) is 12.8 Å². The third-order valence-corrected chi connectivity index (χ3v) is 6.05. The van der Waals surface area contributed by atoms with Crippen LogP contribution in [-0.4, -0.2) is 31.6 Å². The monoisotopic (exact) mass is 356 g/mol. The van der Waals surface area contributed by atoms with Gasteiger partial charge >= 0.3 is 13.3 Å². The van der Waals surface area contributed by atoms with Crippen molar-refractivity contribution in [1.29, 1.82) is 0 Å². The van der Waals surface area contributed by atoms with Gasteiger partial charge in [-0.25, -0.2) is 0 Å². The van der Waals surface area contributed by atoms with Crippen molar-refractivity contribution in [3.63, 3.8) is 0 Å². The van der Waals surface area contributed by atoms with Crippen LogP contribution in [0.25, 0.3) is 0 Å². The van der Waals surface area contributed by atoms with Gasteiger partial charge in [0.15, 0.2) is 0 Å². The largest absolute Gasteiger partial charge is 0.497 e. The number of halogens is 3. The number of ether oxygens (including phenoxy) is 1. The molecular weight excluding hydrogens is 332 g/mol. The summed E-state index contributed by atoms with van der Waals surface area (Å²) < 4.78 is 56.9. The van der Waals surface area contributed by atoms with Crippen LogP contribution in [0, 0.1) is 5.92 Å². The van der Waals surface area contributed by atoms with E-state index in [2.05, 4.69) is 0 Å². The minimum atomic E-state index is -4.19. The molecule has 1 aliphatic heterocycles. The van der Waals surface area contributed by atoms with Crippen LogP contribution in [0.3, 0.4) is 0 Å². The Morgan fingerprint density at radius 1 is 1.00 bits per heavy atom. The zero-order chi connectivity index (χ0) is 18.7. The van der Waals surface area contributed by atoms with Crippen molar-refractivity contribution >= 4 is 7.12 Å². The van der Waals surface area contributed by atoms with Crippen LogP contribution < -0.4 is 4.74 Å². The van der Waals surface area contributed by atoms with E-state index in [1.54, 1.807) is 19.2 Å². The molecule has 138 valence electrons. The maximum Gasteiger partial charge on any atom is 0.469 e. The van der Waals surface area contributed by atoms with E-state index in [1.165, 1.54) is 0 Å². The summed E-state index contributed by atoms with van der Waals surface area (Å²) in [5, 5.41) is -0.794. The Morgan fingerprint density at radius 3 is 1.88 bits per heavy atom. The maximum atomic E-state index is 13.2. The first-order chi connectivity index (χ1) is 11.4. The van der Waals surface area contributed by atoms with E-state index in [0.29, 0.717) is 5.75 Å². The van der Waals surface area contributed by atoms with E-state index in [4.69, 9.17) is 14.0 Å². The van der Waals surface area contributed by atoms with E-state index in [9.17, 15) is 13.2 Å². The molecule has 0 unspecified atom stereocenters. The molecule has 0 amide bonds. The van der Waals surface area contributed by atoms with Crippen LogP contribution >= 0.6 is 0 Å². The molecule has 1 heterocycles. The fourth-order valence-corrected chi connectivity index (χ4v) is 3.61. The molecule has 7 heteroatoms. The molecule has 2 fully saturated rings. The molecule has 0 aromatic heterocycles. The first kappa shape index (κ1) is 18.6. The lowest BCUT2D eigenvalue weighted by molar-refractivity contribution is -0.204. The number of methoxy groups -OCH3 is 1. The molecule has 0 N–H and O–H groups in total. The minimum Gasteiger partial charge on any atom is -0.497 e. The Hall–Kier alpha value is -1.21. The van der Waals surface area contributed by atoms with Crippen molar-refractivity contribution in [2.24, 2.45) is 5.92 Å². The molecule has 0 atom stereocenters. The first-order valence-electron chi connectivity index (χ1n) is 8.48. The third-order valence-electron chi connectivity index (χ3n) is 6.05. The molecule has 25 heavy (non-hydrogen) atoms. The highest BCUT2D eigenvalue weighted by atomic mass is 19.4. The average molecular weight is 356 g/mol. The topological polar surface area (TPSA) is 27.7 Å². The molecule has 3 nitrogen and oxygen atoms in total. The van der Waals surface area contributed by atoms with Gasteiger partial charge in [-0.3, -0.25) is 0 Å². The van der Waals surface area contributed by atoms with Gasteiger partial charge in [-0.15, -0.1) is 0 Å². The maximum absolute atomic E-state index is 13.2. The van der Waals surface area contributed by atoms with Crippen LogP contribution in [0.5, 0.6) is 5.75 Å². The molecule has 1 saturated carbocycles. The SMILES string of the molecule is COc1ccc(C2(B3OC(C)(C)C(C)(C)O3)CC(C(F)(F)F)C2)cc1. The number of rotatable bonds is 3. The van der Waals surface area contributed by atoms with Gasteiger partial charge in [-0.05, 0) is 58.2 Å². The standard InChI is InChI=1S/C18H24BF3O3/c1-15(2)16(3,4)25-19(24-15)17(10-13(11-17)18(20,21)22)12-6-8-14(23-5)9-7-12/h6-9,13H,10-11H2,1-5H3. The quantitative estimate of drug-likeness (QED) is 0.745. The molecule has 0 radical (unpaired) electrons. The Bertz CT molecular complexity index is 618. The van der Waals surface area contributed by atoms with Gasteiger partial charge in [0.2, 0.25) is 0 Å². The van der Waals surface area contributed by atoms with Gasteiger partial charge in [0.1, 0.15) is 5.75 Å². The normalized spacial score (nSPS) is 30.9. The summed E-state index contributed by atoms with van der Waals surface area (Å²) in [7, 11) is 0.853. The summed E-state index contributed by atoms with van der Waals surface area (Å²) in [4.78, 5) is 0. The lowest BCUT2D eigenvalue weighted by Crippen LogP contribution is -2.57. The van der Waals surface area contributed by atoms with Gasteiger partial charge < -0.3 is 14.0 Å². The summed E-state index contributed by atoms with van der Waals surface area (Å²) in [6, 6.07) is 7.17. The Balaban J connectivity index is 1.94. The average Bonchev–Trinajstić information content (AvgIpc) is 2.65. The zero-order valence-corrected chi connectivity index (χ0v) is 15.2. The Kier molecular flexibility index (Phi) is 4.20. The fraction of sp³-hybridized carbons (Fsp3) is 0.667. The predicted molar refractivity (Wildman–Crippen MR) is 89.5 cm³/mol. The van der Waals surface area contributed by atoms with Gasteiger partial charge in [0, 0.05) is 5.31 Å². The van der Waals surface area contributed by atoms with Crippen LogP contribution in [-0.2, 0) is 14.6 Å². The predicted octanol–water partition coefficient (Wildman–Crippen LogP) is 4.54. The van der Waals surface area contributed by atoms with Gasteiger partial charge in [0.05, 0.1) is 24.2 Å². The molecule has 1 saturated heterocycles. The second-order valence-electron chi connectivity index (χ2n) is 8.12. The van der Waals surface area contributed by atoms with Crippen molar-refractivity contribution < 1.29 is 27.2 Å². The van der Waals surface area contributed by atoms with Gasteiger partial charge in [-0.1, -0.05) is 12.1 Å². The van der Waals surface area contributed by atoms with Gasteiger partial charge in [0.25, 0.3) is 0 Å². The van der Waals surface area contributed by atoms with Gasteiger partial charge in [-0.2, -0.15) is 13.2 Å². The second-order valence-corrected chi connectivity index (χ2v) is 8.12. The summed E-state index contributed by atoms with van der Waals surface area (Å²) in [6.45, 7) is 7.65. The van der Waals surface area contributed by atoms with Crippen molar-refractivity contribution in [2.75, 3.05) is 7.11 Å². The Labute approximate surface area is 147 Å². The van der Waals surface area contributed by atoms with Crippen LogP contribution in [0.15, 0.2) is 24.3 Å². The van der Waals surface area contributed by atoms with Crippen molar-refractivity contribution in [2.45, 2.75) is 63.2 Å². The molecule has 1 aromatic rings. The van der Waals surface area contributed by atoms with Crippen molar-refractivity contribution in [1.82, 2.24) is 0 Å². The van der Waals surface area contributed by atoms with E-state index in [0.717, 1.165) is 5.56 Å². The lowest BCUT2D eigenvalue weighted by Gasteiger charge is -2.49. The summed E-state index contributed by atoms with van der Waals surface area (Å²) >= 11 is 0. The van der Waals surface area contributed by atoms with Crippen molar-refractivity contribution in [3.8, 4) is 5.75 Å². The number of alkyl halides is 3. The molecule has 0 spiro atoms. The number of hydrogen-bond donors (Lipinski definition) is 0. The lowest BCUT2D eigenvalue weighted by atomic mass is 9.41. The third kappa shape index (κ3) is 2.95. The van der Waals surface area contributed by atoms with Crippen LogP contribution in [0.4, 0.5) is 13.2 Å². The highest BCUT2D eigenvalue weighted by molar-refractivity contribution is 6.50. The fourth-order valence-electron chi connectivity index (χ4n) is 3.61. The van der Waals surface area contributed by atoms with E-state index < -0.39 is 35.7 Å². The highest BCUT2D eigenvalue weighted by Crippen LogP contribution is 2.58.